The van der Waals surface area contributed by atoms with Crippen molar-refractivity contribution in [3.63, 3.8) is 0 Å². The van der Waals surface area contributed by atoms with Crippen LogP contribution in [0.3, 0.4) is 0 Å². The first-order valence-electron chi connectivity index (χ1n) is 36.3. The minimum Gasteiger partial charge on any atom is -0.462 e. The molecule has 0 aromatic rings. The molecule has 91 heavy (non-hydrogen) atoms. The van der Waals surface area contributed by atoms with Gasteiger partial charge in [0, 0.05) is 38.9 Å². The van der Waals surface area contributed by atoms with Gasteiger partial charge in [-0.05, 0) is 289 Å². The van der Waals surface area contributed by atoms with Crippen molar-refractivity contribution in [2.45, 2.75) is 228 Å². The Morgan fingerprint density at radius 3 is 1.13 bits per heavy atom. The summed E-state index contributed by atoms with van der Waals surface area (Å²) in [4.78, 5) is 67.7. The van der Waals surface area contributed by atoms with Crippen molar-refractivity contribution in [1.29, 1.82) is 0 Å². The maximum absolute atomic E-state index is 11.6. The van der Waals surface area contributed by atoms with Crippen molar-refractivity contribution in [2.75, 3.05) is 39.6 Å². The van der Waals surface area contributed by atoms with Crippen molar-refractivity contribution in [3.05, 3.63) is 72.9 Å². The summed E-state index contributed by atoms with van der Waals surface area (Å²) in [6.45, 7) is 37.8. The van der Waals surface area contributed by atoms with Crippen LogP contribution in [0.15, 0.2) is 72.9 Å². The number of rotatable bonds is 18. The van der Waals surface area contributed by atoms with Gasteiger partial charge in [0.25, 0.3) is 0 Å². The van der Waals surface area contributed by atoms with Crippen LogP contribution in [0.1, 0.15) is 228 Å². The molecule has 8 atom stereocenters. The van der Waals surface area contributed by atoms with E-state index in [-0.39, 0.29) is 41.2 Å². The van der Waals surface area contributed by atoms with Crippen LogP contribution in [0.25, 0.3) is 0 Å². The third kappa shape index (κ3) is 19.9. The average Bonchev–Trinajstić information content (AvgIpc) is 1.75. The van der Waals surface area contributed by atoms with Crippen LogP contribution in [-0.2, 0) is 57.2 Å². The summed E-state index contributed by atoms with van der Waals surface area (Å²) in [5.41, 5.74) is 3.29. The second-order valence-electron chi connectivity index (χ2n) is 32.2. The van der Waals surface area contributed by atoms with Gasteiger partial charge in [-0.1, -0.05) is 91.3 Å². The third-order valence-corrected chi connectivity index (χ3v) is 24.8. The number of hydrogen-bond acceptors (Lipinski definition) is 12. The van der Waals surface area contributed by atoms with E-state index in [2.05, 4.69) is 46.4 Å². The molecule has 0 amide bonds. The topological polar surface area (TPSA) is 158 Å². The number of esters is 6. The Morgan fingerprint density at radius 2 is 0.703 bits per heavy atom. The van der Waals surface area contributed by atoms with E-state index in [0.29, 0.717) is 103 Å². The first kappa shape index (κ1) is 72.1. The first-order valence-corrected chi connectivity index (χ1v) is 36.3. The lowest BCUT2D eigenvalue weighted by Gasteiger charge is -2.59. The SMILES string of the molecule is C=C(C)C(=O)OCC1(C)C2CC3CC(C2)CC1C3.C=C(C)C(=O)OCC1C2CC3CC(C2)CC1C3.C=C(C)C(=O)OCC1CC2CC1C1CCCC21.C=C(C)C(=O)OCC1CC2CCC1C2.C=C(C)C(=O)OCC1CCCC1.C=C(C)C(=O)OCC1CCCCC1. The number of fused-ring (bicyclic) bond motifs is 7. The average molecular weight is 1260 g/mol. The van der Waals surface area contributed by atoms with Gasteiger partial charge in [0.15, 0.2) is 0 Å². The zero-order chi connectivity index (χ0) is 65.7. The van der Waals surface area contributed by atoms with Crippen molar-refractivity contribution >= 4 is 35.8 Å². The zero-order valence-corrected chi connectivity index (χ0v) is 57.7. The molecule has 15 aliphatic rings. The van der Waals surface area contributed by atoms with E-state index in [0.717, 1.165) is 82.9 Å². The van der Waals surface area contributed by atoms with E-state index in [9.17, 15) is 28.8 Å². The summed E-state index contributed by atoms with van der Waals surface area (Å²) in [6.07, 6.45) is 37.7. The zero-order valence-electron chi connectivity index (χ0n) is 57.7. The van der Waals surface area contributed by atoms with Crippen molar-refractivity contribution in [1.82, 2.24) is 0 Å². The van der Waals surface area contributed by atoms with Crippen LogP contribution in [-0.4, -0.2) is 75.5 Å². The molecule has 12 bridgehead atoms. The third-order valence-electron chi connectivity index (χ3n) is 24.8. The Bertz CT molecular complexity index is 2540. The van der Waals surface area contributed by atoms with Crippen molar-refractivity contribution in [2.24, 2.45) is 118 Å². The second-order valence-corrected chi connectivity index (χ2v) is 32.2. The van der Waals surface area contributed by atoms with Crippen LogP contribution in [0.5, 0.6) is 0 Å². The quantitative estimate of drug-likeness (QED) is 0.0728. The van der Waals surface area contributed by atoms with Crippen LogP contribution >= 0.6 is 0 Å². The predicted molar refractivity (Wildman–Crippen MR) is 358 cm³/mol. The molecule has 0 aromatic heterocycles. The molecule has 0 aromatic carbocycles. The van der Waals surface area contributed by atoms with Crippen LogP contribution in [0.4, 0.5) is 0 Å². The van der Waals surface area contributed by atoms with Gasteiger partial charge in [-0.2, -0.15) is 0 Å². The molecule has 0 heterocycles. The maximum Gasteiger partial charge on any atom is 0.333 e. The smallest absolute Gasteiger partial charge is 0.333 e. The number of carbonyl (C=O) groups is 6. The lowest BCUT2D eigenvalue weighted by atomic mass is 9.46. The monoisotopic (exact) mass is 1260 g/mol. The van der Waals surface area contributed by atoms with Gasteiger partial charge >= 0.3 is 35.8 Å². The fourth-order valence-electron chi connectivity index (χ4n) is 20.2. The fourth-order valence-corrected chi connectivity index (χ4v) is 20.2. The molecule has 0 radical (unpaired) electrons. The lowest BCUT2D eigenvalue weighted by Crippen LogP contribution is -2.53. The Kier molecular flexibility index (Phi) is 26.6. The molecule has 0 spiro atoms. The van der Waals surface area contributed by atoms with Crippen LogP contribution in [0.2, 0.25) is 0 Å². The standard InChI is InChI=1S/C16H24O2.2C15H22O2.C12H18O2.C11H18O2.C10H16O2/c1-10(2)15(17)18-9-16(3)13-5-11-4-12(7-13)8-14(16)6-11;1-9(2)15(16)17-8-14-12-4-10-3-11(6-12)7-13(14)5-10;1-9(2)15(16)17-8-11-6-10-7-14(11)13-5-3-4-12(10)13;1-8(2)12(13)14-7-11-6-9-3-4-10(11)5-9;1-9(2)11(12)13-8-10-6-4-3-5-7-10;1-8(2)10(11)12-7-9-5-3-4-6-9/h11-14H,1,4-9H2,2-3H3;2*10-14H,1,3-8H2,2H3;9-11H,1,3-7H2,2H3;10H,1,3-8H2,2H3;9H,1,3-7H2,2H3. The molecule has 15 aliphatic carbocycles. The number of hydrogen-bond donors (Lipinski definition) is 0. The molecular weight excluding hydrogens is 1140 g/mol. The summed E-state index contributed by atoms with van der Waals surface area (Å²) in [5.74, 6) is 14.5. The van der Waals surface area contributed by atoms with E-state index < -0.39 is 0 Å². The Balaban J connectivity index is 0.000000142. The van der Waals surface area contributed by atoms with Gasteiger partial charge in [0.2, 0.25) is 0 Å². The van der Waals surface area contributed by atoms with E-state index in [1.807, 2.05) is 0 Å². The van der Waals surface area contributed by atoms with Gasteiger partial charge in [0.1, 0.15) is 0 Å². The van der Waals surface area contributed by atoms with E-state index in [4.69, 9.17) is 28.4 Å². The first-order chi connectivity index (χ1) is 43.3. The number of carbonyl (C=O) groups excluding carboxylic acids is 6. The van der Waals surface area contributed by atoms with Gasteiger partial charge < -0.3 is 28.4 Å². The molecule has 15 rings (SSSR count). The highest BCUT2D eigenvalue weighted by Crippen LogP contribution is 2.63. The molecule has 15 saturated carbocycles. The number of ether oxygens (including phenoxy) is 6. The highest BCUT2D eigenvalue weighted by molar-refractivity contribution is 5.89. The summed E-state index contributed by atoms with van der Waals surface area (Å²) < 4.78 is 31.6. The molecule has 15 fully saturated rings. The summed E-state index contributed by atoms with van der Waals surface area (Å²) in [5, 5.41) is 0. The summed E-state index contributed by atoms with van der Waals surface area (Å²) >= 11 is 0. The highest BCUT2D eigenvalue weighted by atomic mass is 16.6. The van der Waals surface area contributed by atoms with Gasteiger partial charge in [-0.15, -0.1) is 0 Å². The largest absolute Gasteiger partial charge is 0.462 e. The van der Waals surface area contributed by atoms with E-state index in [1.54, 1.807) is 41.5 Å². The molecule has 0 N–H and O–H groups in total. The van der Waals surface area contributed by atoms with Crippen molar-refractivity contribution in [3.8, 4) is 0 Å². The molecule has 12 nitrogen and oxygen atoms in total. The second kappa shape index (κ2) is 33.6. The Labute approximate surface area is 549 Å². The molecule has 8 unspecified atom stereocenters. The van der Waals surface area contributed by atoms with Crippen molar-refractivity contribution < 1.29 is 57.2 Å². The summed E-state index contributed by atoms with van der Waals surface area (Å²) in [6, 6.07) is 0. The molecule has 0 aliphatic heterocycles. The van der Waals surface area contributed by atoms with Gasteiger partial charge in [-0.25, -0.2) is 28.8 Å². The molecular formula is C79H120O12. The highest BCUT2D eigenvalue weighted by Gasteiger charge is 2.56. The Morgan fingerprint density at radius 1 is 0.319 bits per heavy atom. The maximum atomic E-state index is 11.6. The summed E-state index contributed by atoms with van der Waals surface area (Å²) in [7, 11) is 0. The van der Waals surface area contributed by atoms with E-state index >= 15 is 0 Å². The minimum atomic E-state index is -0.248. The molecule has 508 valence electrons. The lowest BCUT2D eigenvalue weighted by molar-refractivity contribution is -0.159. The molecule has 12 heteroatoms. The fraction of sp³-hybridized carbons (Fsp3) is 0.772. The molecule has 0 saturated heterocycles. The van der Waals surface area contributed by atoms with E-state index in [1.165, 1.54) is 180 Å². The van der Waals surface area contributed by atoms with Crippen LogP contribution < -0.4 is 0 Å². The van der Waals surface area contributed by atoms with Gasteiger partial charge in [-0.3, -0.25) is 0 Å². The van der Waals surface area contributed by atoms with Crippen LogP contribution in [0, 0.1) is 118 Å². The minimum absolute atomic E-state index is 0.209. The normalized spacial score (nSPS) is 35.0. The van der Waals surface area contributed by atoms with Gasteiger partial charge in [0.05, 0.1) is 39.6 Å². The Hall–Kier alpha value is -4.74. The predicted octanol–water partition coefficient (Wildman–Crippen LogP) is 17.4.